The Bertz CT molecular complexity index is 1000. The summed E-state index contributed by atoms with van der Waals surface area (Å²) < 4.78 is 6.53. The van der Waals surface area contributed by atoms with Crippen LogP contribution in [-0.4, -0.2) is 47.5 Å². The third-order valence-electron chi connectivity index (χ3n) is 8.41. The third kappa shape index (κ3) is 5.96. The second-order valence-corrected chi connectivity index (χ2v) is 11.3. The lowest BCUT2D eigenvalue weighted by Gasteiger charge is -2.39. The molecule has 2 aliphatic carbocycles. The minimum absolute atomic E-state index is 0.266. The molecular weight excluding hydrogens is 472 g/mol. The van der Waals surface area contributed by atoms with Crippen molar-refractivity contribution in [3.05, 3.63) is 60.7 Å². The van der Waals surface area contributed by atoms with Gasteiger partial charge in [0.1, 0.15) is 0 Å². The summed E-state index contributed by atoms with van der Waals surface area (Å²) in [4.78, 5) is 2.17. The smallest absolute Gasteiger partial charge is 0.173 e. The maximum atomic E-state index is 6.53. The van der Waals surface area contributed by atoms with Gasteiger partial charge in [0.15, 0.2) is 10.2 Å². The molecule has 0 aromatic heterocycles. The van der Waals surface area contributed by atoms with E-state index in [1.54, 1.807) is 0 Å². The Morgan fingerprint density at radius 1 is 0.943 bits per heavy atom. The Hall–Kier alpha value is -2.22. The van der Waals surface area contributed by atoms with Crippen LogP contribution in [0.25, 0.3) is 0 Å². The molecule has 2 fully saturated rings. The van der Waals surface area contributed by atoms with E-state index in [0.717, 1.165) is 23.8 Å². The lowest BCUT2D eigenvalue weighted by atomic mass is 9.70. The molecule has 2 aromatic carbocycles. The number of benzene rings is 2. The van der Waals surface area contributed by atoms with Crippen molar-refractivity contribution in [1.29, 1.82) is 0 Å². The number of thiocarbonyl (C=S) groups is 2. The lowest BCUT2D eigenvalue weighted by Crippen LogP contribution is -2.44. The molecule has 2 aromatic rings. The molecular formula is C28H38N4OS2. The van der Waals surface area contributed by atoms with Crippen LogP contribution < -0.4 is 16.0 Å². The molecule has 188 valence electrons. The summed E-state index contributed by atoms with van der Waals surface area (Å²) in [6, 6.07) is 20.0. The number of para-hydroxylation sites is 2. The standard InChI is InChI=1S/C28H38N4OS2/c1-27(2)21-14-15-28(27,3)24(20-21)33-19-18-32(26(35)31-23-12-8-5-9-13-23)17-16-29-25(34)30-22-10-6-4-7-11-22/h4-13,21,24H,14-20H2,1-3H3,(H,31,35)(H2,29,30,34). The summed E-state index contributed by atoms with van der Waals surface area (Å²) in [5, 5.41) is 11.2. The van der Waals surface area contributed by atoms with Gasteiger partial charge in [-0.2, -0.15) is 0 Å². The average Bonchev–Trinajstić information content (AvgIpc) is 3.18. The first-order valence-electron chi connectivity index (χ1n) is 12.6. The first-order valence-corrected chi connectivity index (χ1v) is 13.4. The number of hydrogen-bond acceptors (Lipinski definition) is 3. The SMILES string of the molecule is CC1(C)C2CCC1(C)C(OCCN(CCNC(=S)Nc1ccccc1)C(=S)Nc1ccccc1)C2. The van der Waals surface area contributed by atoms with E-state index < -0.39 is 0 Å². The Balaban J connectivity index is 1.30. The third-order valence-corrected chi connectivity index (χ3v) is 9.01. The number of anilines is 2. The molecule has 0 heterocycles. The van der Waals surface area contributed by atoms with Crippen molar-refractivity contribution in [3.8, 4) is 0 Å². The van der Waals surface area contributed by atoms with Crippen LogP contribution in [0.1, 0.15) is 40.0 Å². The van der Waals surface area contributed by atoms with Gasteiger partial charge in [-0.25, -0.2) is 0 Å². The van der Waals surface area contributed by atoms with E-state index in [1.807, 2.05) is 60.7 Å². The Labute approximate surface area is 221 Å². The van der Waals surface area contributed by atoms with Crippen LogP contribution in [0, 0.1) is 16.7 Å². The number of rotatable bonds is 9. The molecule has 4 rings (SSSR count). The van der Waals surface area contributed by atoms with E-state index >= 15 is 0 Å². The van der Waals surface area contributed by atoms with Gasteiger partial charge in [-0.3, -0.25) is 0 Å². The molecule has 3 atom stereocenters. The lowest BCUT2D eigenvalue weighted by molar-refractivity contribution is -0.0486. The molecule has 0 aliphatic heterocycles. The van der Waals surface area contributed by atoms with Gasteiger partial charge in [-0.05, 0) is 84.7 Å². The highest BCUT2D eigenvalue weighted by Gasteiger charge is 2.61. The summed E-state index contributed by atoms with van der Waals surface area (Å²) in [7, 11) is 0. The highest BCUT2D eigenvalue weighted by Crippen LogP contribution is 2.66. The summed E-state index contributed by atoms with van der Waals surface area (Å²) in [5.41, 5.74) is 2.58. The van der Waals surface area contributed by atoms with Gasteiger partial charge >= 0.3 is 0 Å². The van der Waals surface area contributed by atoms with Crippen molar-refractivity contribution < 1.29 is 4.74 Å². The fraction of sp³-hybridized carbons (Fsp3) is 0.500. The summed E-state index contributed by atoms with van der Waals surface area (Å²) >= 11 is 11.3. The van der Waals surface area contributed by atoms with E-state index in [1.165, 1.54) is 19.3 Å². The monoisotopic (exact) mass is 510 g/mol. The molecule has 0 radical (unpaired) electrons. The molecule has 2 aliphatic rings. The van der Waals surface area contributed by atoms with Crippen LogP contribution >= 0.6 is 24.4 Å². The number of fused-ring (bicyclic) bond motifs is 2. The quantitative estimate of drug-likeness (QED) is 0.363. The Morgan fingerprint density at radius 3 is 2.14 bits per heavy atom. The van der Waals surface area contributed by atoms with Crippen LogP contribution in [0.5, 0.6) is 0 Å². The highest BCUT2D eigenvalue weighted by atomic mass is 32.1. The predicted octanol–water partition coefficient (Wildman–Crippen LogP) is 5.90. The Morgan fingerprint density at radius 2 is 1.57 bits per heavy atom. The van der Waals surface area contributed by atoms with E-state index in [0.29, 0.717) is 41.4 Å². The van der Waals surface area contributed by atoms with Crippen LogP contribution in [0.15, 0.2) is 60.7 Å². The van der Waals surface area contributed by atoms with Crippen LogP contribution in [0.4, 0.5) is 11.4 Å². The second kappa shape index (κ2) is 11.2. The van der Waals surface area contributed by atoms with Gasteiger partial charge in [0, 0.05) is 31.0 Å². The molecule has 2 bridgehead atoms. The molecule has 0 saturated heterocycles. The molecule has 2 saturated carbocycles. The zero-order valence-corrected chi connectivity index (χ0v) is 22.7. The fourth-order valence-electron chi connectivity index (χ4n) is 5.73. The van der Waals surface area contributed by atoms with E-state index in [9.17, 15) is 0 Å². The molecule has 3 unspecified atom stereocenters. The van der Waals surface area contributed by atoms with E-state index in [-0.39, 0.29) is 5.41 Å². The summed E-state index contributed by atoms with van der Waals surface area (Å²) in [6.45, 7) is 10.1. The minimum Gasteiger partial charge on any atom is -0.376 e. The van der Waals surface area contributed by atoms with Gasteiger partial charge < -0.3 is 25.6 Å². The highest BCUT2D eigenvalue weighted by molar-refractivity contribution is 7.80. The van der Waals surface area contributed by atoms with Crippen molar-refractivity contribution in [2.45, 2.75) is 46.1 Å². The topological polar surface area (TPSA) is 48.6 Å². The van der Waals surface area contributed by atoms with Crippen molar-refractivity contribution in [3.63, 3.8) is 0 Å². The fourth-order valence-corrected chi connectivity index (χ4v) is 6.25. The maximum absolute atomic E-state index is 6.53. The normalized spacial score (nSPS) is 24.1. The zero-order valence-electron chi connectivity index (χ0n) is 21.0. The number of nitrogens with one attached hydrogen (secondary N) is 3. The molecule has 5 nitrogen and oxygen atoms in total. The summed E-state index contributed by atoms with van der Waals surface area (Å²) in [6.07, 6.45) is 4.11. The van der Waals surface area contributed by atoms with Crippen LogP contribution in [0.3, 0.4) is 0 Å². The molecule has 35 heavy (non-hydrogen) atoms. The van der Waals surface area contributed by atoms with Gasteiger partial charge in [-0.1, -0.05) is 57.2 Å². The second-order valence-electron chi connectivity index (χ2n) is 10.5. The molecule has 3 N–H and O–H groups in total. The maximum Gasteiger partial charge on any atom is 0.173 e. The van der Waals surface area contributed by atoms with Crippen LogP contribution in [0.2, 0.25) is 0 Å². The largest absolute Gasteiger partial charge is 0.376 e. The number of hydrogen-bond donors (Lipinski definition) is 3. The first-order chi connectivity index (χ1) is 16.8. The average molecular weight is 511 g/mol. The first kappa shape index (κ1) is 25.9. The van der Waals surface area contributed by atoms with Gasteiger partial charge in [0.2, 0.25) is 0 Å². The van der Waals surface area contributed by atoms with Crippen molar-refractivity contribution in [1.82, 2.24) is 10.2 Å². The zero-order chi connectivity index (χ0) is 24.9. The van der Waals surface area contributed by atoms with Gasteiger partial charge in [0.25, 0.3) is 0 Å². The number of ether oxygens (including phenoxy) is 1. The van der Waals surface area contributed by atoms with E-state index in [2.05, 4.69) is 41.6 Å². The minimum atomic E-state index is 0.266. The van der Waals surface area contributed by atoms with Crippen molar-refractivity contribution in [2.24, 2.45) is 16.7 Å². The van der Waals surface area contributed by atoms with Crippen molar-refractivity contribution >= 4 is 46.0 Å². The Kier molecular flexibility index (Phi) is 8.30. The van der Waals surface area contributed by atoms with Gasteiger partial charge in [0.05, 0.1) is 12.7 Å². The molecule has 7 heteroatoms. The summed E-state index contributed by atoms with van der Waals surface area (Å²) in [5.74, 6) is 0.775. The molecule has 0 amide bonds. The van der Waals surface area contributed by atoms with E-state index in [4.69, 9.17) is 29.2 Å². The molecule has 0 spiro atoms. The predicted molar refractivity (Wildman–Crippen MR) is 154 cm³/mol. The van der Waals surface area contributed by atoms with Crippen LogP contribution in [-0.2, 0) is 4.74 Å². The van der Waals surface area contributed by atoms with Gasteiger partial charge in [-0.15, -0.1) is 0 Å². The number of nitrogens with zero attached hydrogens (tertiary/aromatic N) is 1. The van der Waals surface area contributed by atoms with Crippen molar-refractivity contribution in [2.75, 3.05) is 36.9 Å².